The Morgan fingerprint density at radius 1 is 1.04 bits per heavy atom. The summed E-state index contributed by atoms with van der Waals surface area (Å²) in [5, 5.41) is 2.77. The summed E-state index contributed by atoms with van der Waals surface area (Å²) in [6.07, 6.45) is 6.47. The van der Waals surface area contributed by atoms with Crippen molar-refractivity contribution in [2.24, 2.45) is 0 Å². The Labute approximate surface area is 155 Å². The quantitative estimate of drug-likeness (QED) is 0.719. The van der Waals surface area contributed by atoms with Gasteiger partial charge in [-0.3, -0.25) is 4.79 Å². The topological polar surface area (TPSA) is 66.0 Å². The zero-order valence-corrected chi connectivity index (χ0v) is 15.4. The van der Waals surface area contributed by atoms with Gasteiger partial charge >= 0.3 is 0 Å². The van der Waals surface area contributed by atoms with E-state index in [1.807, 2.05) is 24.3 Å². The SMILES string of the molecule is CC(=O)NCCCC1OCC(Oc2ccc(OC3CCCC3)cc2)CO1. The summed E-state index contributed by atoms with van der Waals surface area (Å²) in [5.74, 6) is 1.69. The van der Waals surface area contributed by atoms with Gasteiger partial charge in [0, 0.05) is 19.9 Å². The summed E-state index contributed by atoms with van der Waals surface area (Å²) in [6, 6.07) is 7.79. The molecule has 0 atom stereocenters. The van der Waals surface area contributed by atoms with Crippen LogP contribution in [0.15, 0.2) is 24.3 Å². The summed E-state index contributed by atoms with van der Waals surface area (Å²) in [7, 11) is 0. The minimum atomic E-state index is -0.217. The molecule has 1 amide bonds. The standard InChI is InChI=1S/C20H29NO5/c1-15(22)21-12-4-7-20-23-13-19(14-24-20)26-18-10-8-17(9-11-18)25-16-5-2-3-6-16/h8-11,16,19-20H,2-7,12-14H2,1H3,(H,21,22). The molecular formula is C20H29NO5. The third-order valence-corrected chi connectivity index (χ3v) is 4.66. The number of nitrogens with one attached hydrogen (secondary N) is 1. The molecule has 1 aliphatic carbocycles. The maximum Gasteiger partial charge on any atom is 0.216 e. The van der Waals surface area contributed by atoms with Crippen molar-refractivity contribution >= 4 is 5.91 Å². The van der Waals surface area contributed by atoms with Gasteiger partial charge in [0.25, 0.3) is 0 Å². The molecule has 0 radical (unpaired) electrons. The first-order valence-corrected chi connectivity index (χ1v) is 9.60. The summed E-state index contributed by atoms with van der Waals surface area (Å²) < 4.78 is 23.3. The van der Waals surface area contributed by atoms with Gasteiger partial charge < -0.3 is 24.3 Å². The second-order valence-electron chi connectivity index (χ2n) is 6.96. The number of benzene rings is 1. The monoisotopic (exact) mass is 363 g/mol. The van der Waals surface area contributed by atoms with E-state index in [4.69, 9.17) is 18.9 Å². The Kier molecular flexibility index (Phi) is 7.14. The molecule has 2 aliphatic rings. The number of rotatable bonds is 8. The predicted molar refractivity (Wildman–Crippen MR) is 97.4 cm³/mol. The molecule has 0 bridgehead atoms. The van der Waals surface area contributed by atoms with Crippen LogP contribution >= 0.6 is 0 Å². The van der Waals surface area contributed by atoms with E-state index < -0.39 is 0 Å². The van der Waals surface area contributed by atoms with E-state index >= 15 is 0 Å². The molecule has 1 aromatic carbocycles. The van der Waals surface area contributed by atoms with Crippen molar-refractivity contribution in [1.82, 2.24) is 5.32 Å². The Morgan fingerprint density at radius 2 is 1.62 bits per heavy atom. The van der Waals surface area contributed by atoms with Gasteiger partial charge in [-0.1, -0.05) is 0 Å². The van der Waals surface area contributed by atoms with E-state index in [2.05, 4.69) is 5.32 Å². The van der Waals surface area contributed by atoms with Crippen molar-refractivity contribution in [2.75, 3.05) is 19.8 Å². The van der Waals surface area contributed by atoms with Crippen LogP contribution in [0.25, 0.3) is 0 Å². The Morgan fingerprint density at radius 3 is 2.19 bits per heavy atom. The maximum atomic E-state index is 10.8. The van der Waals surface area contributed by atoms with Crippen molar-refractivity contribution in [3.63, 3.8) is 0 Å². The van der Waals surface area contributed by atoms with Crippen molar-refractivity contribution < 1.29 is 23.7 Å². The average molecular weight is 363 g/mol. The van der Waals surface area contributed by atoms with Crippen LogP contribution in [-0.2, 0) is 14.3 Å². The van der Waals surface area contributed by atoms with E-state index in [9.17, 15) is 4.79 Å². The van der Waals surface area contributed by atoms with Crippen molar-refractivity contribution in [3.8, 4) is 11.5 Å². The van der Waals surface area contributed by atoms with E-state index in [0.29, 0.717) is 25.9 Å². The summed E-state index contributed by atoms with van der Waals surface area (Å²) >= 11 is 0. The molecular weight excluding hydrogens is 334 g/mol. The largest absolute Gasteiger partial charge is 0.490 e. The summed E-state index contributed by atoms with van der Waals surface area (Å²) in [4.78, 5) is 10.8. The third-order valence-electron chi connectivity index (χ3n) is 4.66. The van der Waals surface area contributed by atoms with Crippen molar-refractivity contribution in [1.29, 1.82) is 0 Å². The first kappa shape index (κ1) is 19.0. The number of amides is 1. The molecule has 6 nitrogen and oxygen atoms in total. The second kappa shape index (κ2) is 9.78. The molecule has 26 heavy (non-hydrogen) atoms. The average Bonchev–Trinajstić information content (AvgIpc) is 3.15. The van der Waals surface area contributed by atoms with Gasteiger partial charge in [-0.25, -0.2) is 0 Å². The van der Waals surface area contributed by atoms with Gasteiger partial charge in [-0.2, -0.15) is 0 Å². The molecule has 1 N–H and O–H groups in total. The van der Waals surface area contributed by atoms with Gasteiger partial charge in [-0.15, -0.1) is 0 Å². The first-order valence-electron chi connectivity index (χ1n) is 9.60. The smallest absolute Gasteiger partial charge is 0.216 e. The molecule has 0 unspecified atom stereocenters. The molecule has 0 spiro atoms. The van der Waals surface area contributed by atoms with Gasteiger partial charge in [-0.05, 0) is 56.4 Å². The van der Waals surface area contributed by atoms with Gasteiger partial charge in [0.05, 0.1) is 19.3 Å². The number of carbonyl (C=O) groups excluding carboxylic acids is 1. The van der Waals surface area contributed by atoms with Crippen molar-refractivity contribution in [3.05, 3.63) is 24.3 Å². The Balaban J connectivity index is 1.34. The highest BCUT2D eigenvalue weighted by atomic mass is 16.7. The van der Waals surface area contributed by atoms with Crippen LogP contribution in [0.2, 0.25) is 0 Å². The fourth-order valence-corrected chi connectivity index (χ4v) is 3.28. The Bertz CT molecular complexity index is 548. The van der Waals surface area contributed by atoms with Crippen LogP contribution in [0, 0.1) is 0 Å². The highest BCUT2D eigenvalue weighted by Crippen LogP contribution is 2.26. The molecule has 1 aliphatic heterocycles. The van der Waals surface area contributed by atoms with Crippen LogP contribution in [0.1, 0.15) is 45.4 Å². The van der Waals surface area contributed by atoms with E-state index in [-0.39, 0.29) is 18.3 Å². The van der Waals surface area contributed by atoms with Gasteiger partial charge in [0.1, 0.15) is 17.6 Å². The van der Waals surface area contributed by atoms with E-state index in [1.165, 1.54) is 19.8 Å². The van der Waals surface area contributed by atoms with Crippen molar-refractivity contribution in [2.45, 2.75) is 63.9 Å². The number of carbonyl (C=O) groups is 1. The number of hydrogen-bond acceptors (Lipinski definition) is 5. The van der Waals surface area contributed by atoms with E-state index in [0.717, 1.165) is 37.2 Å². The lowest BCUT2D eigenvalue weighted by Crippen LogP contribution is -2.39. The number of hydrogen-bond donors (Lipinski definition) is 1. The maximum absolute atomic E-state index is 10.8. The minimum Gasteiger partial charge on any atom is -0.490 e. The van der Waals surface area contributed by atoms with Crippen LogP contribution < -0.4 is 14.8 Å². The molecule has 1 aromatic rings. The summed E-state index contributed by atoms with van der Waals surface area (Å²) in [6.45, 7) is 3.17. The molecule has 6 heteroatoms. The normalized spacial score (nSPS) is 23.6. The molecule has 1 saturated heterocycles. The molecule has 1 saturated carbocycles. The van der Waals surface area contributed by atoms with Crippen LogP contribution in [0.5, 0.6) is 11.5 Å². The molecule has 1 heterocycles. The fraction of sp³-hybridized carbons (Fsp3) is 0.650. The zero-order valence-electron chi connectivity index (χ0n) is 15.4. The third kappa shape index (κ3) is 6.18. The van der Waals surface area contributed by atoms with Crippen LogP contribution in [-0.4, -0.2) is 44.2 Å². The molecule has 0 aromatic heterocycles. The second-order valence-corrected chi connectivity index (χ2v) is 6.96. The highest BCUT2D eigenvalue weighted by molar-refractivity contribution is 5.72. The highest BCUT2D eigenvalue weighted by Gasteiger charge is 2.23. The lowest BCUT2D eigenvalue weighted by Gasteiger charge is -2.29. The predicted octanol–water partition coefficient (Wildman–Crippen LogP) is 3.04. The van der Waals surface area contributed by atoms with Crippen LogP contribution in [0.4, 0.5) is 0 Å². The fourth-order valence-electron chi connectivity index (χ4n) is 3.28. The molecule has 2 fully saturated rings. The first-order chi connectivity index (χ1) is 12.7. The number of ether oxygens (including phenoxy) is 4. The van der Waals surface area contributed by atoms with Gasteiger partial charge in [0.15, 0.2) is 6.29 Å². The minimum absolute atomic E-state index is 0.0106. The van der Waals surface area contributed by atoms with Crippen LogP contribution in [0.3, 0.4) is 0 Å². The Hall–Kier alpha value is -1.79. The molecule has 144 valence electrons. The lowest BCUT2D eigenvalue weighted by atomic mass is 10.2. The lowest BCUT2D eigenvalue weighted by molar-refractivity contribution is -0.213. The zero-order chi connectivity index (χ0) is 18.2. The van der Waals surface area contributed by atoms with E-state index in [1.54, 1.807) is 0 Å². The molecule has 3 rings (SSSR count). The summed E-state index contributed by atoms with van der Waals surface area (Å²) in [5.41, 5.74) is 0. The van der Waals surface area contributed by atoms with Gasteiger partial charge in [0.2, 0.25) is 5.91 Å².